The molecule has 7 heteroatoms. The number of halogens is 1. The zero-order valence-electron chi connectivity index (χ0n) is 19.5. The van der Waals surface area contributed by atoms with Crippen LogP contribution in [0.15, 0.2) is 48.5 Å². The van der Waals surface area contributed by atoms with Gasteiger partial charge in [0.2, 0.25) is 5.91 Å². The van der Waals surface area contributed by atoms with Crippen LogP contribution in [-0.4, -0.2) is 61.5 Å². The summed E-state index contributed by atoms with van der Waals surface area (Å²) in [4.78, 5) is 27.9. The molecular weight excluding hydrogens is 440 g/mol. The summed E-state index contributed by atoms with van der Waals surface area (Å²) in [6, 6.07) is 16.2. The van der Waals surface area contributed by atoms with Crippen LogP contribution in [0, 0.1) is 6.92 Å². The molecule has 2 aromatic rings. The van der Waals surface area contributed by atoms with Crippen LogP contribution in [0.2, 0.25) is 5.02 Å². The fourth-order valence-corrected chi connectivity index (χ4v) is 4.11. The number of rotatable bonds is 10. The summed E-state index contributed by atoms with van der Waals surface area (Å²) in [5.74, 6) is -0.171. The number of hydrogen-bond acceptors (Lipinski definition) is 5. The third-order valence-electron chi connectivity index (χ3n) is 5.92. The summed E-state index contributed by atoms with van der Waals surface area (Å²) < 4.78 is 11.0. The van der Waals surface area contributed by atoms with Crippen LogP contribution in [0.1, 0.15) is 42.1 Å². The standard InChI is InChI=1S/C26H33ClN2O4/c1-20-5-3-6-21(17-20)19-33-24(22-9-11-23(27)12-10-22)18-28-13-15-29(16-14-28)25(30)7-4-8-26(31)32-2/h3,5-6,9-12,17,24H,4,7-8,13-16,18-19H2,1-2H3/t24-/m1/s1. The molecule has 3 rings (SSSR count). The van der Waals surface area contributed by atoms with E-state index in [1.54, 1.807) is 0 Å². The Hall–Kier alpha value is -2.41. The molecule has 0 unspecified atom stereocenters. The van der Waals surface area contributed by atoms with Crippen molar-refractivity contribution < 1.29 is 19.1 Å². The number of amides is 1. The van der Waals surface area contributed by atoms with Crippen molar-refractivity contribution in [2.75, 3.05) is 39.8 Å². The van der Waals surface area contributed by atoms with Crippen molar-refractivity contribution in [3.05, 3.63) is 70.2 Å². The first-order valence-corrected chi connectivity index (χ1v) is 11.8. The molecule has 0 aliphatic carbocycles. The van der Waals surface area contributed by atoms with Gasteiger partial charge in [0.25, 0.3) is 0 Å². The molecule has 1 aliphatic heterocycles. The van der Waals surface area contributed by atoms with Crippen molar-refractivity contribution in [2.45, 2.75) is 38.9 Å². The van der Waals surface area contributed by atoms with Crippen molar-refractivity contribution in [3.63, 3.8) is 0 Å². The second kappa shape index (κ2) is 12.7. The van der Waals surface area contributed by atoms with Crippen LogP contribution in [0.3, 0.4) is 0 Å². The predicted molar refractivity (Wildman–Crippen MR) is 129 cm³/mol. The van der Waals surface area contributed by atoms with Gasteiger partial charge in [-0.1, -0.05) is 53.6 Å². The largest absolute Gasteiger partial charge is 0.469 e. The molecule has 1 saturated heterocycles. The first-order chi connectivity index (χ1) is 15.9. The number of esters is 1. The van der Waals surface area contributed by atoms with Gasteiger partial charge in [-0.05, 0) is 36.6 Å². The number of benzene rings is 2. The van der Waals surface area contributed by atoms with Gasteiger partial charge in [0.1, 0.15) is 0 Å². The Balaban J connectivity index is 1.54. The van der Waals surface area contributed by atoms with Crippen LogP contribution in [0.25, 0.3) is 0 Å². The summed E-state index contributed by atoms with van der Waals surface area (Å²) in [5, 5.41) is 0.704. The van der Waals surface area contributed by atoms with Gasteiger partial charge >= 0.3 is 5.97 Å². The highest BCUT2D eigenvalue weighted by atomic mass is 35.5. The summed E-state index contributed by atoms with van der Waals surface area (Å²) in [6.07, 6.45) is 1.09. The summed E-state index contributed by atoms with van der Waals surface area (Å²) in [7, 11) is 1.37. The van der Waals surface area contributed by atoms with Crippen molar-refractivity contribution in [2.24, 2.45) is 0 Å². The predicted octanol–water partition coefficient (Wildman–Crippen LogP) is 4.39. The van der Waals surface area contributed by atoms with E-state index in [2.05, 4.69) is 34.8 Å². The van der Waals surface area contributed by atoms with Crippen LogP contribution in [-0.2, 0) is 25.7 Å². The molecule has 1 atom stereocenters. The Morgan fingerprint density at radius 2 is 1.76 bits per heavy atom. The number of carbonyl (C=O) groups is 2. The van der Waals surface area contributed by atoms with Gasteiger partial charge in [0.05, 0.1) is 19.8 Å². The lowest BCUT2D eigenvalue weighted by Crippen LogP contribution is -2.49. The van der Waals surface area contributed by atoms with Crippen LogP contribution in [0.4, 0.5) is 0 Å². The second-order valence-corrected chi connectivity index (χ2v) is 8.89. The van der Waals surface area contributed by atoms with Crippen LogP contribution >= 0.6 is 11.6 Å². The van der Waals surface area contributed by atoms with Crippen molar-refractivity contribution >= 4 is 23.5 Å². The molecule has 6 nitrogen and oxygen atoms in total. The van der Waals surface area contributed by atoms with Gasteiger partial charge in [-0.15, -0.1) is 0 Å². The van der Waals surface area contributed by atoms with E-state index in [1.165, 1.54) is 12.7 Å². The van der Waals surface area contributed by atoms with E-state index < -0.39 is 0 Å². The summed E-state index contributed by atoms with van der Waals surface area (Å²) in [5.41, 5.74) is 3.45. The maximum atomic E-state index is 12.5. The molecular formula is C26H33ClN2O4. The van der Waals surface area contributed by atoms with E-state index in [4.69, 9.17) is 16.3 Å². The zero-order valence-corrected chi connectivity index (χ0v) is 20.2. The van der Waals surface area contributed by atoms with Crippen molar-refractivity contribution in [3.8, 4) is 0 Å². The minimum atomic E-state index is -0.272. The molecule has 0 bridgehead atoms. The second-order valence-electron chi connectivity index (χ2n) is 8.45. The lowest BCUT2D eigenvalue weighted by atomic mass is 10.1. The monoisotopic (exact) mass is 472 g/mol. The van der Waals surface area contributed by atoms with Gasteiger partial charge in [-0.25, -0.2) is 0 Å². The molecule has 0 spiro atoms. The van der Waals surface area contributed by atoms with Crippen LogP contribution < -0.4 is 0 Å². The average Bonchev–Trinajstić information content (AvgIpc) is 2.82. The number of methoxy groups -OCH3 is 1. The SMILES string of the molecule is COC(=O)CCCC(=O)N1CCN(C[C@@H](OCc2cccc(C)c2)c2ccc(Cl)cc2)CC1. The zero-order chi connectivity index (χ0) is 23.6. The Bertz CT molecular complexity index is 911. The molecule has 0 radical (unpaired) electrons. The summed E-state index contributed by atoms with van der Waals surface area (Å²) >= 11 is 6.09. The molecule has 2 aromatic carbocycles. The third kappa shape index (κ3) is 8.14. The highest BCUT2D eigenvalue weighted by molar-refractivity contribution is 6.30. The highest BCUT2D eigenvalue weighted by Crippen LogP contribution is 2.23. The Kier molecular flexibility index (Phi) is 9.73. The molecule has 1 fully saturated rings. The fraction of sp³-hybridized carbons (Fsp3) is 0.462. The Morgan fingerprint density at radius 1 is 1.03 bits per heavy atom. The number of piperazine rings is 1. The Labute approximate surface area is 201 Å². The molecule has 1 heterocycles. The number of hydrogen-bond donors (Lipinski definition) is 0. The minimum Gasteiger partial charge on any atom is -0.469 e. The smallest absolute Gasteiger partial charge is 0.305 e. The molecule has 0 saturated carbocycles. The highest BCUT2D eigenvalue weighted by Gasteiger charge is 2.24. The van der Waals surface area contributed by atoms with Gasteiger partial charge in [-0.3, -0.25) is 14.5 Å². The maximum absolute atomic E-state index is 12.5. The number of ether oxygens (including phenoxy) is 2. The normalized spacial score (nSPS) is 15.3. The molecule has 0 N–H and O–H groups in total. The van der Waals surface area contributed by atoms with Crippen molar-refractivity contribution in [1.29, 1.82) is 0 Å². The average molecular weight is 473 g/mol. The van der Waals surface area contributed by atoms with Crippen LogP contribution in [0.5, 0.6) is 0 Å². The topological polar surface area (TPSA) is 59.1 Å². The van der Waals surface area contributed by atoms with Gasteiger partial charge < -0.3 is 14.4 Å². The molecule has 178 valence electrons. The third-order valence-corrected chi connectivity index (χ3v) is 6.18. The maximum Gasteiger partial charge on any atom is 0.305 e. The first-order valence-electron chi connectivity index (χ1n) is 11.4. The fourth-order valence-electron chi connectivity index (χ4n) is 3.99. The van der Waals surface area contributed by atoms with E-state index in [1.807, 2.05) is 35.2 Å². The quantitative estimate of drug-likeness (QED) is 0.480. The number of carbonyl (C=O) groups excluding carboxylic acids is 2. The van der Waals surface area contributed by atoms with Crippen molar-refractivity contribution in [1.82, 2.24) is 9.80 Å². The van der Waals surface area contributed by atoms with Gasteiger partial charge in [-0.2, -0.15) is 0 Å². The molecule has 33 heavy (non-hydrogen) atoms. The molecule has 1 amide bonds. The van der Waals surface area contributed by atoms with Gasteiger partial charge in [0.15, 0.2) is 0 Å². The lowest BCUT2D eigenvalue weighted by Gasteiger charge is -2.36. The lowest BCUT2D eigenvalue weighted by molar-refractivity contribution is -0.141. The number of nitrogens with zero attached hydrogens (tertiary/aromatic N) is 2. The minimum absolute atomic E-state index is 0.0925. The van der Waals surface area contributed by atoms with E-state index >= 15 is 0 Å². The molecule has 0 aromatic heterocycles. The van der Waals surface area contributed by atoms with E-state index in [-0.39, 0.29) is 24.4 Å². The summed E-state index contributed by atoms with van der Waals surface area (Å²) in [6.45, 7) is 6.31. The van der Waals surface area contributed by atoms with E-state index in [9.17, 15) is 9.59 Å². The number of aryl methyl sites for hydroxylation is 1. The molecule has 1 aliphatic rings. The Morgan fingerprint density at radius 3 is 2.42 bits per heavy atom. The van der Waals surface area contributed by atoms with Gasteiger partial charge in [0, 0.05) is 50.6 Å². The first kappa shape index (κ1) is 25.2. The van der Waals surface area contributed by atoms with E-state index in [0.29, 0.717) is 37.6 Å². The van der Waals surface area contributed by atoms with E-state index in [0.717, 1.165) is 30.8 Å².